The zero-order chi connectivity index (χ0) is 12.0. The van der Waals surface area contributed by atoms with Gasteiger partial charge in [-0.1, -0.05) is 29.3 Å². The molecule has 1 aromatic heterocycles. The van der Waals surface area contributed by atoms with Gasteiger partial charge in [-0.15, -0.1) is 0 Å². The molecule has 2 nitrogen and oxygen atoms in total. The summed E-state index contributed by atoms with van der Waals surface area (Å²) in [5.74, 6) is 0. The molecule has 1 aromatic carbocycles. The van der Waals surface area contributed by atoms with E-state index in [1.807, 2.05) is 18.3 Å². The Hall–Kier alpha value is -1.06. The van der Waals surface area contributed by atoms with Gasteiger partial charge in [0, 0.05) is 17.2 Å². The topological polar surface area (TPSA) is 17.3 Å². The summed E-state index contributed by atoms with van der Waals surface area (Å²) in [5.41, 5.74) is 4.35. The van der Waals surface area contributed by atoms with Gasteiger partial charge in [0.15, 0.2) is 5.17 Å². The van der Waals surface area contributed by atoms with Gasteiger partial charge in [-0.2, -0.15) is 0 Å². The highest BCUT2D eigenvalue weighted by Crippen LogP contribution is 2.29. The molecule has 86 valence electrons. The molecule has 0 saturated carbocycles. The van der Waals surface area contributed by atoms with Gasteiger partial charge in [0.25, 0.3) is 0 Å². The maximum absolute atomic E-state index is 6.24. The first-order valence-corrected chi connectivity index (χ1v) is 6.50. The molecule has 0 N–H and O–H groups in total. The minimum atomic E-state index is 0.540. The van der Waals surface area contributed by atoms with Crippen LogP contribution in [-0.4, -0.2) is 9.74 Å². The lowest BCUT2D eigenvalue weighted by Crippen LogP contribution is -2.03. The monoisotopic (exact) mass is 308 g/mol. The first-order chi connectivity index (χ1) is 8.13. The summed E-state index contributed by atoms with van der Waals surface area (Å²) in [6.07, 6.45) is 2.03. The summed E-state index contributed by atoms with van der Waals surface area (Å²) in [6.45, 7) is 2.89. The number of aromatic nitrogens is 1. The number of benzene rings is 1. The smallest absolute Gasteiger partial charge is 0.153 e. The second-order valence-corrected chi connectivity index (χ2v) is 5.48. The maximum Gasteiger partial charge on any atom is 0.153 e. The Kier molecular flexibility index (Phi) is 2.60. The predicted octanol–water partition coefficient (Wildman–Crippen LogP) is 4.24. The van der Waals surface area contributed by atoms with Crippen LogP contribution in [0.4, 0.5) is 5.69 Å². The second kappa shape index (κ2) is 4.00. The van der Waals surface area contributed by atoms with Crippen LogP contribution in [-0.2, 0) is 6.54 Å². The van der Waals surface area contributed by atoms with E-state index in [0.717, 1.165) is 22.4 Å². The highest BCUT2D eigenvalue weighted by molar-refractivity contribution is 9.10. The summed E-state index contributed by atoms with van der Waals surface area (Å²) >= 11 is 9.71. The van der Waals surface area contributed by atoms with Crippen molar-refractivity contribution in [2.45, 2.75) is 13.5 Å². The van der Waals surface area contributed by atoms with Crippen molar-refractivity contribution in [3.63, 3.8) is 0 Å². The van der Waals surface area contributed by atoms with Gasteiger partial charge in [-0.3, -0.25) is 0 Å². The van der Waals surface area contributed by atoms with Crippen molar-refractivity contribution < 1.29 is 0 Å². The molecular weight excluding hydrogens is 300 g/mol. The molecule has 0 fully saturated rings. The van der Waals surface area contributed by atoms with Crippen LogP contribution in [0.2, 0.25) is 0 Å². The molecule has 0 bridgehead atoms. The number of hydrogen-bond acceptors (Lipinski definition) is 1. The Labute approximate surface area is 113 Å². The summed E-state index contributed by atoms with van der Waals surface area (Å²) in [4.78, 5) is 4.48. The number of fused-ring (bicyclic) bond motifs is 2. The normalized spacial score (nSPS) is 13.7. The predicted molar refractivity (Wildman–Crippen MR) is 74.5 cm³/mol. The Bertz CT molecular complexity index is 628. The second-order valence-electron chi connectivity index (χ2n) is 4.21. The van der Waals surface area contributed by atoms with Gasteiger partial charge >= 0.3 is 0 Å². The SMILES string of the molecule is Cc1ccc2c(c1)Cn1cc(Br)cc1C(Cl)=N2. The molecule has 0 atom stereocenters. The standard InChI is InChI=1S/C13H10BrClN2/c1-8-2-3-11-9(4-8)6-17-7-10(14)5-12(17)13(15)16-11/h2-5,7H,6H2,1H3. The van der Waals surface area contributed by atoms with E-state index in [0.29, 0.717) is 5.17 Å². The van der Waals surface area contributed by atoms with Crippen LogP contribution in [0.5, 0.6) is 0 Å². The lowest BCUT2D eigenvalue weighted by Gasteiger charge is -2.06. The Morgan fingerprint density at radius 2 is 2.18 bits per heavy atom. The first-order valence-electron chi connectivity index (χ1n) is 5.33. The molecule has 0 aliphatic carbocycles. The number of halogens is 2. The lowest BCUT2D eigenvalue weighted by molar-refractivity contribution is 0.803. The number of aliphatic imine (C=N–C) groups is 1. The molecule has 2 heterocycles. The molecule has 0 amide bonds. The van der Waals surface area contributed by atoms with Crippen molar-refractivity contribution in [1.82, 2.24) is 4.57 Å². The van der Waals surface area contributed by atoms with E-state index in [2.05, 4.69) is 44.5 Å². The molecule has 0 spiro atoms. The fraction of sp³-hybridized carbons (Fsp3) is 0.154. The van der Waals surface area contributed by atoms with E-state index in [4.69, 9.17) is 11.6 Å². The van der Waals surface area contributed by atoms with E-state index < -0.39 is 0 Å². The highest BCUT2D eigenvalue weighted by Gasteiger charge is 2.15. The van der Waals surface area contributed by atoms with Crippen molar-refractivity contribution in [2.24, 2.45) is 4.99 Å². The van der Waals surface area contributed by atoms with Crippen LogP contribution in [0.25, 0.3) is 0 Å². The van der Waals surface area contributed by atoms with Gasteiger partial charge in [-0.05, 0) is 40.5 Å². The number of aryl methyl sites for hydroxylation is 1. The molecule has 17 heavy (non-hydrogen) atoms. The van der Waals surface area contributed by atoms with Gasteiger partial charge < -0.3 is 4.57 Å². The molecular formula is C13H10BrClN2. The van der Waals surface area contributed by atoms with Crippen LogP contribution in [0, 0.1) is 6.92 Å². The molecule has 3 rings (SSSR count). The molecule has 0 unspecified atom stereocenters. The molecule has 0 radical (unpaired) electrons. The average molecular weight is 310 g/mol. The van der Waals surface area contributed by atoms with Crippen LogP contribution in [0.3, 0.4) is 0 Å². The summed E-state index contributed by atoms with van der Waals surface area (Å²) in [7, 11) is 0. The van der Waals surface area contributed by atoms with E-state index in [9.17, 15) is 0 Å². The van der Waals surface area contributed by atoms with Gasteiger partial charge in [0.2, 0.25) is 0 Å². The molecule has 1 aliphatic rings. The summed E-state index contributed by atoms with van der Waals surface area (Å²) < 4.78 is 3.14. The van der Waals surface area contributed by atoms with E-state index in [1.54, 1.807) is 0 Å². The Morgan fingerprint density at radius 1 is 1.35 bits per heavy atom. The molecule has 2 aromatic rings. The summed E-state index contributed by atoms with van der Waals surface area (Å²) in [5, 5.41) is 0.540. The Balaban J connectivity index is 2.22. The van der Waals surface area contributed by atoms with Crippen LogP contribution in [0.1, 0.15) is 16.8 Å². The number of nitrogens with zero attached hydrogens (tertiary/aromatic N) is 2. The highest BCUT2D eigenvalue weighted by atomic mass is 79.9. The molecule has 4 heteroatoms. The zero-order valence-electron chi connectivity index (χ0n) is 9.24. The van der Waals surface area contributed by atoms with Gasteiger partial charge in [-0.25, -0.2) is 4.99 Å². The lowest BCUT2D eigenvalue weighted by atomic mass is 10.1. The fourth-order valence-electron chi connectivity index (χ4n) is 2.07. The minimum Gasteiger partial charge on any atom is -0.340 e. The molecule has 1 aliphatic heterocycles. The van der Waals surface area contributed by atoms with Gasteiger partial charge in [0.1, 0.15) is 0 Å². The van der Waals surface area contributed by atoms with Crippen molar-refractivity contribution in [3.05, 3.63) is 51.8 Å². The number of rotatable bonds is 0. The number of hydrogen-bond donors (Lipinski definition) is 0. The third kappa shape index (κ3) is 1.94. The quantitative estimate of drug-likeness (QED) is 0.692. The third-order valence-electron chi connectivity index (χ3n) is 2.87. The fourth-order valence-corrected chi connectivity index (χ4v) is 2.79. The first kappa shape index (κ1) is 11.1. The van der Waals surface area contributed by atoms with Crippen LogP contribution < -0.4 is 0 Å². The van der Waals surface area contributed by atoms with Crippen molar-refractivity contribution in [2.75, 3.05) is 0 Å². The van der Waals surface area contributed by atoms with Crippen molar-refractivity contribution >= 4 is 38.4 Å². The largest absolute Gasteiger partial charge is 0.340 e. The summed E-state index contributed by atoms with van der Waals surface area (Å²) in [6, 6.07) is 8.23. The van der Waals surface area contributed by atoms with E-state index in [1.165, 1.54) is 11.1 Å². The van der Waals surface area contributed by atoms with E-state index in [-0.39, 0.29) is 0 Å². The van der Waals surface area contributed by atoms with E-state index >= 15 is 0 Å². The Morgan fingerprint density at radius 3 is 3.00 bits per heavy atom. The van der Waals surface area contributed by atoms with Gasteiger partial charge in [0.05, 0.1) is 11.4 Å². The van der Waals surface area contributed by atoms with Crippen LogP contribution in [0.15, 0.2) is 39.9 Å². The molecule has 0 saturated heterocycles. The zero-order valence-corrected chi connectivity index (χ0v) is 11.6. The van der Waals surface area contributed by atoms with Crippen molar-refractivity contribution in [1.29, 1.82) is 0 Å². The minimum absolute atomic E-state index is 0.540. The average Bonchev–Trinajstić information content (AvgIpc) is 2.58. The third-order valence-corrected chi connectivity index (χ3v) is 3.58. The van der Waals surface area contributed by atoms with Crippen molar-refractivity contribution in [3.8, 4) is 0 Å². The van der Waals surface area contributed by atoms with Crippen LogP contribution >= 0.6 is 27.5 Å². The maximum atomic E-state index is 6.24.